The Kier molecular flexibility index (Phi) is 6.97. The van der Waals surface area contributed by atoms with Gasteiger partial charge in [0, 0.05) is 63.4 Å². The Morgan fingerprint density at radius 1 is 0.317 bits per heavy atom. The first-order valence-corrected chi connectivity index (χ1v) is 22.8. The molecule has 6 heterocycles. The van der Waals surface area contributed by atoms with Crippen LogP contribution in [0.2, 0.25) is 0 Å². The SMILES string of the molecule is C1=C(c2ccc(-c3cc4c5ccccc5n5c6ccccc6c(c3)c45)cc2)SC(C2CC=C(c3ccc(-c4cc5c6ccccc6n6c7ccccc7c(c4)c56)cc3)S2)C1. The molecule has 0 N–H and O–H groups in total. The van der Waals surface area contributed by atoms with E-state index in [0.29, 0.717) is 10.5 Å². The smallest absolute Gasteiger partial charge is 0.0620 e. The van der Waals surface area contributed by atoms with Crippen LogP contribution >= 0.6 is 23.5 Å². The van der Waals surface area contributed by atoms with Crippen LogP contribution in [0.15, 0.2) is 182 Å². The van der Waals surface area contributed by atoms with Crippen LogP contribution < -0.4 is 0 Å². The number of aromatic nitrogens is 2. The third kappa shape index (κ3) is 4.69. The van der Waals surface area contributed by atoms with Gasteiger partial charge in [-0.15, -0.1) is 23.5 Å². The number of nitrogens with zero attached hydrogens (tertiary/aromatic N) is 2. The standard InChI is InChI=1S/C56H36N2S2/c1-5-13-47-39(9-1)43-29-37(30-44-40-10-2-6-14-48(40)57(47)55(43)44)33-17-21-35(22-18-33)51-25-27-53(59-51)54-28-26-52(60-54)36-23-19-34(20-24-36)38-31-45-41-11-3-7-15-49(41)58-50-16-8-4-12-42(50)46(32-38)56(45)58/h1-26,29-32,53-54H,27-28H2. The van der Waals surface area contributed by atoms with Crippen molar-refractivity contribution in [3.8, 4) is 22.3 Å². The zero-order valence-corrected chi connectivity index (χ0v) is 34.2. The Balaban J connectivity index is 0.700. The minimum absolute atomic E-state index is 0.575. The number of hydrogen-bond donors (Lipinski definition) is 0. The quantitative estimate of drug-likeness (QED) is 0.171. The van der Waals surface area contributed by atoms with Gasteiger partial charge in [-0.05, 0) is 94.8 Å². The molecule has 4 heteroatoms. The Morgan fingerprint density at radius 2 is 0.617 bits per heavy atom. The highest BCUT2D eigenvalue weighted by atomic mass is 32.2. The Hall–Kier alpha value is -6.46. The van der Waals surface area contributed by atoms with Crippen molar-refractivity contribution in [2.45, 2.75) is 23.3 Å². The lowest BCUT2D eigenvalue weighted by Gasteiger charge is -2.18. The van der Waals surface area contributed by atoms with Crippen molar-refractivity contribution in [3.63, 3.8) is 0 Å². The molecule has 0 radical (unpaired) electrons. The molecule has 2 unspecified atom stereocenters. The molecule has 14 rings (SSSR count). The highest BCUT2D eigenvalue weighted by molar-refractivity contribution is 8.12. The molecule has 60 heavy (non-hydrogen) atoms. The van der Waals surface area contributed by atoms with E-state index in [9.17, 15) is 0 Å². The summed E-state index contributed by atoms with van der Waals surface area (Å²) in [5.41, 5.74) is 15.5. The molecule has 2 atom stereocenters. The number of para-hydroxylation sites is 4. The number of fused-ring (bicyclic) bond motifs is 12. The van der Waals surface area contributed by atoms with Crippen LogP contribution in [-0.2, 0) is 0 Å². The molecule has 12 aromatic rings. The average Bonchev–Trinajstić information content (AvgIpc) is 4.18. The lowest BCUT2D eigenvalue weighted by molar-refractivity contribution is 0.821. The highest BCUT2D eigenvalue weighted by Crippen LogP contribution is 2.51. The van der Waals surface area contributed by atoms with E-state index in [1.54, 1.807) is 0 Å². The van der Waals surface area contributed by atoms with Crippen LogP contribution in [0, 0.1) is 0 Å². The van der Waals surface area contributed by atoms with Crippen molar-refractivity contribution in [1.82, 2.24) is 8.80 Å². The summed E-state index contributed by atoms with van der Waals surface area (Å²) in [6, 6.07) is 63.6. The van der Waals surface area contributed by atoms with Crippen LogP contribution in [-0.4, -0.2) is 19.3 Å². The first-order chi connectivity index (χ1) is 29.7. The number of thioether (sulfide) groups is 2. The van der Waals surface area contributed by atoms with Crippen LogP contribution in [0.25, 0.3) is 108 Å². The molecule has 2 aliphatic rings. The second-order valence-corrected chi connectivity index (χ2v) is 19.2. The third-order valence-corrected chi connectivity index (χ3v) is 16.6. The summed E-state index contributed by atoms with van der Waals surface area (Å²) >= 11 is 4.15. The predicted octanol–water partition coefficient (Wildman–Crippen LogP) is 15.7. The molecule has 282 valence electrons. The molecule has 0 aliphatic carbocycles. The van der Waals surface area contributed by atoms with E-state index >= 15 is 0 Å². The van der Waals surface area contributed by atoms with Crippen molar-refractivity contribution < 1.29 is 0 Å². The molecule has 0 bridgehead atoms. The zero-order valence-electron chi connectivity index (χ0n) is 32.6. The molecule has 0 saturated carbocycles. The van der Waals surface area contributed by atoms with Crippen molar-refractivity contribution in [2.24, 2.45) is 0 Å². The third-order valence-electron chi connectivity index (χ3n) is 13.5. The minimum Gasteiger partial charge on any atom is -0.308 e. The van der Waals surface area contributed by atoms with Gasteiger partial charge in [-0.2, -0.15) is 0 Å². The molecule has 2 aliphatic heterocycles. The zero-order chi connectivity index (χ0) is 39.1. The van der Waals surface area contributed by atoms with Crippen molar-refractivity contribution in [2.75, 3.05) is 0 Å². The summed E-state index contributed by atoms with van der Waals surface area (Å²) < 4.78 is 4.91. The fourth-order valence-electron chi connectivity index (χ4n) is 10.7. The van der Waals surface area contributed by atoms with E-state index < -0.39 is 0 Å². The summed E-state index contributed by atoms with van der Waals surface area (Å²) in [5, 5.41) is 11.7. The molecule has 0 amide bonds. The molecule has 8 aromatic carbocycles. The lowest BCUT2D eigenvalue weighted by atomic mass is 9.98. The molecule has 2 nitrogen and oxygen atoms in total. The van der Waals surface area contributed by atoms with Crippen molar-refractivity contribution in [3.05, 3.63) is 193 Å². The lowest BCUT2D eigenvalue weighted by Crippen LogP contribution is -2.14. The van der Waals surface area contributed by atoms with E-state index in [1.165, 1.54) is 119 Å². The maximum atomic E-state index is 2.48. The molecule has 4 aromatic heterocycles. The second kappa shape index (κ2) is 12.5. The van der Waals surface area contributed by atoms with Gasteiger partial charge < -0.3 is 8.80 Å². The van der Waals surface area contributed by atoms with E-state index in [1.807, 2.05) is 0 Å². The van der Waals surface area contributed by atoms with Gasteiger partial charge in [0.05, 0.1) is 33.1 Å². The molecule has 0 fully saturated rings. The average molecular weight is 801 g/mol. The summed E-state index contributed by atoms with van der Waals surface area (Å²) in [6.07, 6.45) is 7.20. The van der Waals surface area contributed by atoms with E-state index in [-0.39, 0.29) is 0 Å². The maximum Gasteiger partial charge on any atom is 0.0620 e. The van der Waals surface area contributed by atoms with E-state index in [2.05, 4.69) is 214 Å². The van der Waals surface area contributed by atoms with Gasteiger partial charge in [0.15, 0.2) is 0 Å². The summed E-state index contributed by atoms with van der Waals surface area (Å²) in [6.45, 7) is 0. The first-order valence-electron chi connectivity index (χ1n) is 21.0. The predicted molar refractivity (Wildman–Crippen MR) is 261 cm³/mol. The second-order valence-electron chi connectivity index (χ2n) is 16.7. The topological polar surface area (TPSA) is 8.82 Å². The van der Waals surface area contributed by atoms with E-state index in [4.69, 9.17) is 0 Å². The van der Waals surface area contributed by atoms with Gasteiger partial charge in [0.1, 0.15) is 0 Å². The van der Waals surface area contributed by atoms with Gasteiger partial charge in [-0.3, -0.25) is 0 Å². The van der Waals surface area contributed by atoms with Crippen LogP contribution in [0.1, 0.15) is 24.0 Å². The number of rotatable bonds is 5. The van der Waals surface area contributed by atoms with Gasteiger partial charge in [-0.1, -0.05) is 133 Å². The molecular weight excluding hydrogens is 765 g/mol. The van der Waals surface area contributed by atoms with Gasteiger partial charge >= 0.3 is 0 Å². The number of hydrogen-bond acceptors (Lipinski definition) is 2. The fourth-order valence-corrected chi connectivity index (χ4v) is 13.5. The Morgan fingerprint density at radius 3 is 0.950 bits per heavy atom. The van der Waals surface area contributed by atoms with Crippen LogP contribution in [0.4, 0.5) is 0 Å². The van der Waals surface area contributed by atoms with Crippen molar-refractivity contribution in [1.29, 1.82) is 0 Å². The Bertz CT molecular complexity index is 3350. The normalized spacial score (nSPS) is 17.3. The first kappa shape index (κ1) is 33.4. The molecule has 0 saturated heterocycles. The van der Waals surface area contributed by atoms with Crippen LogP contribution in [0.3, 0.4) is 0 Å². The summed E-state index contributed by atoms with van der Waals surface area (Å²) in [4.78, 5) is 2.84. The van der Waals surface area contributed by atoms with Gasteiger partial charge in [-0.25, -0.2) is 0 Å². The Labute approximate surface area is 355 Å². The number of benzene rings is 8. The minimum atomic E-state index is 0.575. The van der Waals surface area contributed by atoms with E-state index in [0.717, 1.165) is 12.8 Å². The van der Waals surface area contributed by atoms with Crippen LogP contribution in [0.5, 0.6) is 0 Å². The van der Waals surface area contributed by atoms with Gasteiger partial charge in [0.25, 0.3) is 0 Å². The molecule has 0 spiro atoms. The highest BCUT2D eigenvalue weighted by Gasteiger charge is 2.31. The summed E-state index contributed by atoms with van der Waals surface area (Å²) in [5.74, 6) is 0. The van der Waals surface area contributed by atoms with Gasteiger partial charge in [0.2, 0.25) is 0 Å². The molecular formula is C56H36N2S2. The fraction of sp³-hybridized carbons (Fsp3) is 0.0714. The van der Waals surface area contributed by atoms with Crippen molar-refractivity contribution >= 4 is 110 Å². The monoisotopic (exact) mass is 800 g/mol. The number of allylic oxidation sites excluding steroid dienone is 2. The largest absolute Gasteiger partial charge is 0.308 e. The summed E-state index contributed by atoms with van der Waals surface area (Å²) in [7, 11) is 0. The maximum absolute atomic E-state index is 2.48.